The van der Waals surface area contributed by atoms with Gasteiger partial charge in [0, 0.05) is 12.8 Å². The van der Waals surface area contributed by atoms with Crippen molar-refractivity contribution in [3.05, 3.63) is 48.6 Å². The van der Waals surface area contributed by atoms with Gasteiger partial charge in [0.05, 0.1) is 6.61 Å². The molecular weight excluding hydrogens is 937 g/mol. The molecule has 1 aliphatic carbocycles. The third-order valence-electron chi connectivity index (χ3n) is 10.6. The van der Waals surface area contributed by atoms with Crippen LogP contribution in [-0.4, -0.2) is 108 Å². The number of ether oxygens (including phenoxy) is 2. The van der Waals surface area contributed by atoms with Crippen LogP contribution in [0.2, 0.25) is 0 Å². The Bertz CT molecular complexity index is 1590. The van der Waals surface area contributed by atoms with E-state index in [1.54, 1.807) is 0 Å². The van der Waals surface area contributed by atoms with Crippen molar-refractivity contribution in [1.82, 2.24) is 0 Å². The number of aliphatic hydroxyl groups excluding tert-OH is 3. The average Bonchev–Trinajstić information content (AvgIpc) is 3.25. The van der Waals surface area contributed by atoms with E-state index in [2.05, 4.69) is 59.4 Å². The number of phosphoric ester groups is 3. The molecule has 67 heavy (non-hydrogen) atoms. The van der Waals surface area contributed by atoms with Crippen LogP contribution in [0.25, 0.3) is 0 Å². The zero-order chi connectivity index (χ0) is 50.0. The molecule has 8 atom stereocenters. The van der Waals surface area contributed by atoms with Crippen molar-refractivity contribution in [1.29, 1.82) is 0 Å². The smallest absolute Gasteiger partial charge is 0.462 e. The summed E-state index contributed by atoms with van der Waals surface area (Å²) in [4.78, 5) is 73.1. The minimum atomic E-state index is -5.60. The van der Waals surface area contributed by atoms with E-state index < -0.39 is 91.3 Å². The zero-order valence-corrected chi connectivity index (χ0v) is 42.1. The Morgan fingerprint density at radius 1 is 0.478 bits per heavy atom. The monoisotopic (exact) mass is 1020 g/mol. The zero-order valence-electron chi connectivity index (χ0n) is 39.5. The summed E-state index contributed by atoms with van der Waals surface area (Å²) < 4.78 is 65.4. The van der Waals surface area contributed by atoms with Crippen LogP contribution < -0.4 is 0 Å². The van der Waals surface area contributed by atoms with Crippen molar-refractivity contribution in [2.24, 2.45) is 0 Å². The lowest BCUT2D eigenvalue weighted by Crippen LogP contribution is -2.65. The maximum Gasteiger partial charge on any atom is 0.472 e. The molecule has 0 aromatic heterocycles. The highest BCUT2D eigenvalue weighted by Gasteiger charge is 2.56. The number of esters is 2. The van der Waals surface area contributed by atoms with Crippen molar-refractivity contribution >= 4 is 35.4 Å². The van der Waals surface area contributed by atoms with Crippen LogP contribution in [0.3, 0.4) is 0 Å². The van der Waals surface area contributed by atoms with E-state index in [1.807, 2.05) is 12.2 Å². The summed E-state index contributed by atoms with van der Waals surface area (Å²) in [6, 6.07) is 0. The van der Waals surface area contributed by atoms with Crippen molar-refractivity contribution in [2.75, 3.05) is 13.2 Å². The largest absolute Gasteiger partial charge is 0.472 e. The fourth-order valence-electron chi connectivity index (χ4n) is 7.05. The lowest BCUT2D eigenvalue weighted by Gasteiger charge is -2.44. The predicted molar refractivity (Wildman–Crippen MR) is 252 cm³/mol. The van der Waals surface area contributed by atoms with Crippen LogP contribution in [0.4, 0.5) is 0 Å². The third-order valence-corrected chi connectivity index (χ3v) is 12.7. The van der Waals surface area contributed by atoms with Crippen LogP contribution in [0.1, 0.15) is 168 Å². The standard InChI is InChI=1S/C45H81O19P3/c1-3-5-7-9-11-13-15-17-18-19-20-22-23-25-27-29-31-33-38(46)59-35-37(61-39(47)34-32-30-28-26-24-21-16-14-12-10-8-6-4-2)36-60-67(57,58)64-43-40(48)41(49)44(62-65(51,52)53)45(42(43)50)63-66(54,55)56/h11,13,17-18,20,22,25,27,37,40-45,48-50H,3-10,12,14-16,19,21,23-24,26,28-36H2,1-2H3,(H,57,58)(H2,51,52,53)(H2,54,55,56)/b13-11-,18-17-,22-20-,27-25-/t37-,40?,41?,42?,43+,44?,45+/m1/s1. The van der Waals surface area contributed by atoms with E-state index in [0.717, 1.165) is 57.8 Å². The minimum absolute atomic E-state index is 0.00443. The van der Waals surface area contributed by atoms with Crippen LogP contribution in [-0.2, 0) is 50.9 Å². The fourth-order valence-corrected chi connectivity index (χ4v) is 9.14. The lowest BCUT2D eigenvalue weighted by molar-refractivity contribution is -0.213. The molecular formula is C45H81O19P3. The van der Waals surface area contributed by atoms with Gasteiger partial charge in [-0.05, 0) is 51.4 Å². The molecule has 0 saturated heterocycles. The van der Waals surface area contributed by atoms with Crippen LogP contribution in [0.15, 0.2) is 48.6 Å². The first-order valence-electron chi connectivity index (χ1n) is 23.9. The van der Waals surface area contributed by atoms with Gasteiger partial charge in [0.15, 0.2) is 6.10 Å². The molecule has 1 fully saturated rings. The molecule has 0 radical (unpaired) electrons. The summed E-state index contributed by atoms with van der Waals surface area (Å²) >= 11 is 0. The average molecular weight is 1020 g/mol. The van der Waals surface area contributed by atoms with E-state index in [0.29, 0.717) is 19.3 Å². The Labute approximate surface area is 397 Å². The van der Waals surface area contributed by atoms with Gasteiger partial charge in [-0.15, -0.1) is 0 Å². The van der Waals surface area contributed by atoms with Gasteiger partial charge >= 0.3 is 35.4 Å². The number of allylic oxidation sites excluding steroid dienone is 8. The molecule has 1 aliphatic rings. The van der Waals surface area contributed by atoms with Crippen molar-refractivity contribution in [3.8, 4) is 0 Å². The van der Waals surface area contributed by atoms with Gasteiger partial charge in [-0.25, -0.2) is 13.7 Å². The van der Waals surface area contributed by atoms with Gasteiger partial charge in [-0.1, -0.05) is 152 Å². The third kappa shape index (κ3) is 33.4. The van der Waals surface area contributed by atoms with Crippen LogP contribution in [0.5, 0.6) is 0 Å². The fraction of sp³-hybridized carbons (Fsp3) is 0.778. The molecule has 8 N–H and O–H groups in total. The summed E-state index contributed by atoms with van der Waals surface area (Å²) in [5.74, 6) is -1.36. The second-order valence-corrected chi connectivity index (χ2v) is 20.5. The van der Waals surface area contributed by atoms with E-state index in [-0.39, 0.29) is 12.8 Å². The van der Waals surface area contributed by atoms with Gasteiger partial charge < -0.3 is 49.3 Å². The maximum absolute atomic E-state index is 13.1. The molecule has 22 heteroatoms. The Hall–Kier alpha value is -1.89. The predicted octanol–water partition coefficient (Wildman–Crippen LogP) is 8.62. The number of rotatable bonds is 40. The lowest BCUT2D eigenvalue weighted by atomic mass is 9.85. The second kappa shape index (κ2) is 37.0. The van der Waals surface area contributed by atoms with Crippen LogP contribution >= 0.6 is 23.5 Å². The topological polar surface area (TPSA) is 303 Å². The summed E-state index contributed by atoms with van der Waals surface area (Å²) in [5.41, 5.74) is 0. The molecule has 0 amide bonds. The van der Waals surface area contributed by atoms with Crippen molar-refractivity contribution in [2.45, 2.75) is 211 Å². The summed E-state index contributed by atoms with van der Waals surface area (Å²) in [6.07, 6.45) is 22.8. The molecule has 1 saturated carbocycles. The Kier molecular flexibility index (Phi) is 34.8. The molecule has 0 aliphatic heterocycles. The normalized spacial score (nSPS) is 22.0. The quantitative estimate of drug-likeness (QED) is 0.0123. The van der Waals surface area contributed by atoms with Crippen molar-refractivity contribution in [3.63, 3.8) is 0 Å². The number of hydrogen-bond acceptors (Lipinski definition) is 14. The molecule has 390 valence electrons. The first kappa shape index (κ1) is 63.1. The molecule has 0 bridgehead atoms. The Morgan fingerprint density at radius 3 is 1.37 bits per heavy atom. The van der Waals surface area contributed by atoms with E-state index in [4.69, 9.17) is 18.5 Å². The highest BCUT2D eigenvalue weighted by atomic mass is 31.2. The van der Waals surface area contributed by atoms with Gasteiger partial charge in [-0.3, -0.25) is 27.7 Å². The number of carbonyl (C=O) groups is 2. The highest BCUT2D eigenvalue weighted by Crippen LogP contribution is 2.51. The summed E-state index contributed by atoms with van der Waals surface area (Å²) in [5, 5.41) is 31.9. The molecule has 5 unspecified atom stereocenters. The molecule has 1 rings (SSSR count). The van der Waals surface area contributed by atoms with E-state index in [1.165, 1.54) is 64.2 Å². The van der Waals surface area contributed by atoms with E-state index in [9.17, 15) is 63.1 Å². The van der Waals surface area contributed by atoms with Crippen molar-refractivity contribution < 1.29 is 90.6 Å². The molecule has 0 aromatic carbocycles. The summed E-state index contributed by atoms with van der Waals surface area (Å²) in [6.45, 7) is 2.86. The number of carbonyl (C=O) groups excluding carboxylic acids is 2. The van der Waals surface area contributed by atoms with Gasteiger partial charge in [0.1, 0.15) is 43.2 Å². The number of phosphoric acid groups is 3. The minimum Gasteiger partial charge on any atom is -0.462 e. The first-order valence-corrected chi connectivity index (χ1v) is 28.5. The summed E-state index contributed by atoms with van der Waals surface area (Å²) in [7, 11) is -16.6. The Balaban J connectivity index is 2.77. The van der Waals surface area contributed by atoms with Gasteiger partial charge in [0.25, 0.3) is 0 Å². The maximum atomic E-state index is 13.1. The number of hydrogen-bond donors (Lipinski definition) is 8. The number of unbranched alkanes of at least 4 members (excludes halogenated alkanes) is 16. The van der Waals surface area contributed by atoms with Crippen LogP contribution in [0, 0.1) is 0 Å². The number of aliphatic hydroxyl groups is 3. The first-order chi connectivity index (χ1) is 31.8. The molecule has 19 nitrogen and oxygen atoms in total. The molecule has 0 heterocycles. The highest BCUT2D eigenvalue weighted by molar-refractivity contribution is 7.47. The van der Waals surface area contributed by atoms with Gasteiger partial charge in [-0.2, -0.15) is 0 Å². The Morgan fingerprint density at radius 2 is 0.881 bits per heavy atom. The van der Waals surface area contributed by atoms with E-state index >= 15 is 0 Å². The molecule has 0 aromatic rings. The van der Waals surface area contributed by atoms with Gasteiger partial charge in [0.2, 0.25) is 0 Å². The molecule has 0 spiro atoms. The SMILES string of the molecule is CCCCC/C=C\C/C=C\C/C=C\C/C=C\CCCC(=O)OC[C@H](COP(=O)(O)O[C@H]1C(O)C(O)C(OP(=O)(O)O)[C@@H](OP(=O)(O)O)C1O)OC(=O)CCCCCCCCCCCCCCC. The second-order valence-electron chi connectivity index (χ2n) is 16.7.